The van der Waals surface area contributed by atoms with Crippen LogP contribution in [0.3, 0.4) is 0 Å². The van der Waals surface area contributed by atoms with Crippen molar-refractivity contribution >= 4 is 11.7 Å². The Labute approximate surface area is 110 Å². The van der Waals surface area contributed by atoms with Crippen molar-refractivity contribution in [1.29, 1.82) is 0 Å². The molecule has 0 radical (unpaired) electrons. The smallest absolute Gasteiger partial charge is 0.225 e. The van der Waals surface area contributed by atoms with Crippen molar-refractivity contribution in [1.82, 2.24) is 4.90 Å². The van der Waals surface area contributed by atoms with Crippen molar-refractivity contribution in [2.45, 2.75) is 52.4 Å². The Morgan fingerprint density at radius 1 is 1.11 bits per heavy atom. The number of hydrogen-bond donors (Lipinski definition) is 0. The molecule has 1 aliphatic carbocycles. The summed E-state index contributed by atoms with van der Waals surface area (Å²) in [6.07, 6.45) is 6.13. The molecule has 0 aromatic rings. The van der Waals surface area contributed by atoms with Crippen molar-refractivity contribution in [3.8, 4) is 0 Å². The molecule has 1 saturated carbocycles. The van der Waals surface area contributed by atoms with Gasteiger partial charge in [0.05, 0.1) is 0 Å². The van der Waals surface area contributed by atoms with Crippen LogP contribution in [0.15, 0.2) is 0 Å². The van der Waals surface area contributed by atoms with Gasteiger partial charge in [-0.1, -0.05) is 20.3 Å². The molecule has 0 aromatic carbocycles. The number of carbonyl (C=O) groups is 2. The number of nitrogens with zero attached hydrogens (tertiary/aromatic N) is 1. The van der Waals surface area contributed by atoms with E-state index in [1.54, 1.807) is 0 Å². The first-order valence-electron chi connectivity index (χ1n) is 7.39. The highest BCUT2D eigenvalue weighted by Gasteiger charge is 2.32. The zero-order valence-corrected chi connectivity index (χ0v) is 11.7. The van der Waals surface area contributed by atoms with E-state index in [0.29, 0.717) is 29.9 Å². The van der Waals surface area contributed by atoms with Crippen LogP contribution in [0.1, 0.15) is 52.4 Å². The number of carbonyl (C=O) groups excluding carboxylic acids is 2. The number of rotatable bonds is 4. The zero-order chi connectivity index (χ0) is 13.1. The monoisotopic (exact) mass is 251 g/mol. The van der Waals surface area contributed by atoms with Gasteiger partial charge in [0.2, 0.25) is 5.91 Å². The van der Waals surface area contributed by atoms with Crippen LogP contribution in [0.5, 0.6) is 0 Å². The predicted molar refractivity (Wildman–Crippen MR) is 71.1 cm³/mol. The summed E-state index contributed by atoms with van der Waals surface area (Å²) in [5.41, 5.74) is 0. The van der Waals surface area contributed by atoms with Gasteiger partial charge in [0.1, 0.15) is 5.78 Å². The molecule has 3 heteroatoms. The number of Topliss-reactive ketones (excluding diaryl/α,β-unsaturated/α-hetero) is 1. The second kappa shape index (κ2) is 5.85. The lowest BCUT2D eigenvalue weighted by molar-refractivity contribution is -0.139. The molecule has 1 heterocycles. The summed E-state index contributed by atoms with van der Waals surface area (Å²) in [7, 11) is 0. The molecule has 3 nitrogen and oxygen atoms in total. The second-order valence-electron chi connectivity index (χ2n) is 6.22. The summed E-state index contributed by atoms with van der Waals surface area (Å²) in [4.78, 5) is 25.8. The molecule has 0 N–H and O–H groups in total. The lowest BCUT2D eigenvalue weighted by Gasteiger charge is -2.36. The van der Waals surface area contributed by atoms with Crippen LogP contribution < -0.4 is 0 Å². The van der Waals surface area contributed by atoms with Gasteiger partial charge in [0.25, 0.3) is 0 Å². The summed E-state index contributed by atoms with van der Waals surface area (Å²) >= 11 is 0. The minimum absolute atomic E-state index is 0.152. The Morgan fingerprint density at radius 2 is 1.72 bits per heavy atom. The van der Waals surface area contributed by atoms with E-state index in [9.17, 15) is 9.59 Å². The molecule has 18 heavy (non-hydrogen) atoms. The van der Waals surface area contributed by atoms with Gasteiger partial charge >= 0.3 is 0 Å². The Hall–Kier alpha value is -0.860. The average Bonchev–Trinajstić information content (AvgIpc) is 2.27. The van der Waals surface area contributed by atoms with Gasteiger partial charge in [0.15, 0.2) is 0 Å². The molecule has 1 saturated heterocycles. The summed E-state index contributed by atoms with van der Waals surface area (Å²) in [6, 6.07) is 0. The third kappa shape index (κ3) is 3.12. The average molecular weight is 251 g/mol. The summed E-state index contributed by atoms with van der Waals surface area (Å²) in [6.45, 7) is 5.67. The van der Waals surface area contributed by atoms with Crippen molar-refractivity contribution in [2.24, 2.45) is 17.8 Å². The van der Waals surface area contributed by atoms with Crippen LogP contribution in [0.25, 0.3) is 0 Å². The summed E-state index contributed by atoms with van der Waals surface area (Å²) < 4.78 is 0. The van der Waals surface area contributed by atoms with Crippen LogP contribution in [0.2, 0.25) is 0 Å². The highest BCUT2D eigenvalue weighted by Crippen LogP contribution is 2.30. The third-order valence-corrected chi connectivity index (χ3v) is 4.51. The van der Waals surface area contributed by atoms with Gasteiger partial charge in [-0.25, -0.2) is 0 Å². The molecular formula is C15H25NO2. The van der Waals surface area contributed by atoms with E-state index >= 15 is 0 Å². The molecule has 0 aromatic heterocycles. The summed E-state index contributed by atoms with van der Waals surface area (Å²) in [5.74, 6) is 1.72. The fourth-order valence-electron chi connectivity index (χ4n) is 2.79. The molecule has 0 spiro atoms. The number of ketones is 1. The van der Waals surface area contributed by atoms with Gasteiger partial charge in [-0.2, -0.15) is 0 Å². The Morgan fingerprint density at radius 3 is 2.17 bits per heavy atom. The van der Waals surface area contributed by atoms with Gasteiger partial charge < -0.3 is 4.90 Å². The largest absolute Gasteiger partial charge is 0.342 e. The van der Waals surface area contributed by atoms with E-state index in [1.165, 1.54) is 6.42 Å². The van der Waals surface area contributed by atoms with Crippen LogP contribution in [0.4, 0.5) is 0 Å². The van der Waals surface area contributed by atoms with Crippen LogP contribution in [-0.2, 0) is 9.59 Å². The summed E-state index contributed by atoms with van der Waals surface area (Å²) in [5, 5.41) is 0. The van der Waals surface area contributed by atoms with Gasteiger partial charge in [-0.15, -0.1) is 0 Å². The quantitative estimate of drug-likeness (QED) is 0.770. The fraction of sp³-hybridized carbons (Fsp3) is 0.867. The number of piperidine rings is 1. The van der Waals surface area contributed by atoms with Crippen molar-refractivity contribution < 1.29 is 9.59 Å². The molecule has 102 valence electrons. The van der Waals surface area contributed by atoms with Crippen LogP contribution in [-0.4, -0.2) is 29.7 Å². The van der Waals surface area contributed by atoms with Gasteiger partial charge in [0, 0.05) is 31.3 Å². The van der Waals surface area contributed by atoms with E-state index in [1.807, 2.05) is 18.7 Å². The van der Waals surface area contributed by atoms with E-state index in [4.69, 9.17) is 0 Å². The number of likely N-dealkylation sites (tertiary alicyclic amines) is 1. The fourth-order valence-corrected chi connectivity index (χ4v) is 2.79. The molecule has 2 fully saturated rings. The maximum Gasteiger partial charge on any atom is 0.225 e. The predicted octanol–water partition coefficient (Wildman–Crippen LogP) is 2.64. The maximum atomic E-state index is 12.1. The first-order chi connectivity index (χ1) is 8.58. The molecule has 2 rings (SSSR count). The number of hydrogen-bond acceptors (Lipinski definition) is 2. The van der Waals surface area contributed by atoms with Crippen LogP contribution >= 0.6 is 0 Å². The first kappa shape index (κ1) is 13.6. The first-order valence-corrected chi connectivity index (χ1v) is 7.39. The molecule has 2 aliphatic rings. The molecule has 1 aliphatic heterocycles. The standard InChI is InChI=1S/C15H25NO2/c1-11(2)14(17)10-12-6-8-16(9-7-12)15(18)13-4-3-5-13/h11-13H,3-10H2,1-2H3. The highest BCUT2D eigenvalue weighted by molar-refractivity contribution is 5.81. The lowest BCUT2D eigenvalue weighted by Crippen LogP contribution is -2.43. The Bertz CT molecular complexity index is 312. The molecule has 0 atom stereocenters. The van der Waals surface area contributed by atoms with E-state index in [2.05, 4.69) is 0 Å². The van der Waals surface area contributed by atoms with Crippen molar-refractivity contribution in [2.75, 3.05) is 13.1 Å². The van der Waals surface area contributed by atoms with Crippen molar-refractivity contribution in [3.05, 3.63) is 0 Å². The van der Waals surface area contributed by atoms with E-state index in [-0.39, 0.29) is 5.92 Å². The normalized spacial score (nSPS) is 22.1. The molecule has 1 amide bonds. The van der Waals surface area contributed by atoms with E-state index in [0.717, 1.165) is 38.8 Å². The van der Waals surface area contributed by atoms with Crippen molar-refractivity contribution in [3.63, 3.8) is 0 Å². The molecular weight excluding hydrogens is 226 g/mol. The van der Waals surface area contributed by atoms with Crippen LogP contribution in [0, 0.1) is 17.8 Å². The minimum Gasteiger partial charge on any atom is -0.342 e. The van der Waals surface area contributed by atoms with Gasteiger partial charge in [-0.05, 0) is 31.6 Å². The SMILES string of the molecule is CC(C)C(=O)CC1CCN(C(=O)C2CCC2)CC1. The zero-order valence-electron chi connectivity index (χ0n) is 11.7. The Balaban J connectivity index is 1.74. The Kier molecular flexibility index (Phi) is 4.41. The maximum absolute atomic E-state index is 12.1. The lowest BCUT2D eigenvalue weighted by atomic mass is 9.83. The third-order valence-electron chi connectivity index (χ3n) is 4.51. The highest BCUT2D eigenvalue weighted by atomic mass is 16.2. The number of amides is 1. The van der Waals surface area contributed by atoms with E-state index < -0.39 is 0 Å². The topological polar surface area (TPSA) is 37.4 Å². The minimum atomic E-state index is 0.152. The second-order valence-corrected chi connectivity index (χ2v) is 6.22. The molecule has 0 bridgehead atoms. The van der Waals surface area contributed by atoms with Gasteiger partial charge in [-0.3, -0.25) is 9.59 Å². The molecule has 0 unspecified atom stereocenters.